The van der Waals surface area contributed by atoms with Crippen LogP contribution in [0.25, 0.3) is 26.9 Å². The summed E-state index contributed by atoms with van der Waals surface area (Å²) in [7, 11) is 1.59. The standard InChI is InChI=1S/C24H19N3O2S/c1-25-23(29)17-13-10-16(11-14-17)12-15-22(28)26-19-7-3-2-6-18(19)24-27-20-8-4-5-9-21(20)30-24/h2-15H,1H3,(H,25,29)(H,26,28)/b15-12+. The number of anilines is 1. The van der Waals surface area contributed by atoms with Crippen LogP contribution in [-0.4, -0.2) is 23.8 Å². The summed E-state index contributed by atoms with van der Waals surface area (Å²) in [5.41, 5.74) is 3.94. The summed E-state index contributed by atoms with van der Waals surface area (Å²) in [5, 5.41) is 6.38. The molecule has 0 saturated carbocycles. The lowest BCUT2D eigenvalue weighted by atomic mass is 10.1. The van der Waals surface area contributed by atoms with Crippen LogP contribution in [0, 0.1) is 0 Å². The van der Waals surface area contributed by atoms with Crippen molar-refractivity contribution in [2.24, 2.45) is 0 Å². The monoisotopic (exact) mass is 413 g/mol. The molecule has 0 aliphatic carbocycles. The van der Waals surface area contributed by atoms with Crippen molar-refractivity contribution >= 4 is 45.1 Å². The number of thiazole rings is 1. The molecule has 0 bridgehead atoms. The number of amides is 2. The summed E-state index contributed by atoms with van der Waals surface area (Å²) in [5.74, 6) is -0.381. The van der Waals surface area contributed by atoms with E-state index in [2.05, 4.69) is 10.6 Å². The zero-order chi connectivity index (χ0) is 20.9. The first-order chi connectivity index (χ1) is 14.6. The number of rotatable bonds is 5. The lowest BCUT2D eigenvalue weighted by Crippen LogP contribution is -2.17. The molecular weight excluding hydrogens is 394 g/mol. The van der Waals surface area contributed by atoms with E-state index in [1.807, 2.05) is 48.5 Å². The van der Waals surface area contributed by atoms with Gasteiger partial charge in [0.05, 0.1) is 15.9 Å². The summed E-state index contributed by atoms with van der Waals surface area (Å²) in [4.78, 5) is 28.8. The molecule has 5 nitrogen and oxygen atoms in total. The predicted octanol–water partition coefficient (Wildman–Crippen LogP) is 4.97. The minimum absolute atomic E-state index is 0.144. The molecule has 4 rings (SSSR count). The van der Waals surface area contributed by atoms with Crippen molar-refractivity contribution in [1.82, 2.24) is 10.3 Å². The highest BCUT2D eigenvalue weighted by Gasteiger charge is 2.11. The molecule has 1 heterocycles. The van der Waals surface area contributed by atoms with Crippen molar-refractivity contribution < 1.29 is 9.59 Å². The lowest BCUT2D eigenvalue weighted by molar-refractivity contribution is -0.111. The second-order valence-corrected chi connectivity index (χ2v) is 7.59. The second kappa shape index (κ2) is 8.71. The molecule has 0 radical (unpaired) electrons. The van der Waals surface area contributed by atoms with E-state index in [0.29, 0.717) is 11.3 Å². The minimum Gasteiger partial charge on any atom is -0.355 e. The maximum absolute atomic E-state index is 12.5. The third-order valence-electron chi connectivity index (χ3n) is 4.54. The van der Waals surface area contributed by atoms with E-state index in [9.17, 15) is 9.59 Å². The van der Waals surface area contributed by atoms with Gasteiger partial charge in [-0.15, -0.1) is 11.3 Å². The zero-order valence-electron chi connectivity index (χ0n) is 16.3. The van der Waals surface area contributed by atoms with E-state index in [4.69, 9.17) is 4.98 Å². The van der Waals surface area contributed by atoms with Crippen LogP contribution in [0.15, 0.2) is 78.9 Å². The minimum atomic E-state index is -0.237. The predicted molar refractivity (Wildman–Crippen MR) is 123 cm³/mol. The Morgan fingerprint density at radius 1 is 0.933 bits per heavy atom. The zero-order valence-corrected chi connectivity index (χ0v) is 17.1. The van der Waals surface area contributed by atoms with E-state index < -0.39 is 0 Å². The fourth-order valence-electron chi connectivity index (χ4n) is 3.00. The van der Waals surface area contributed by atoms with Crippen LogP contribution in [-0.2, 0) is 4.79 Å². The number of aromatic nitrogens is 1. The average Bonchev–Trinajstić information content (AvgIpc) is 3.22. The largest absolute Gasteiger partial charge is 0.355 e. The highest BCUT2D eigenvalue weighted by Crippen LogP contribution is 2.34. The van der Waals surface area contributed by atoms with Crippen LogP contribution in [0.1, 0.15) is 15.9 Å². The normalized spacial score (nSPS) is 11.0. The van der Waals surface area contributed by atoms with E-state index in [1.165, 1.54) is 6.08 Å². The number of hydrogen-bond acceptors (Lipinski definition) is 4. The quantitative estimate of drug-likeness (QED) is 0.454. The first-order valence-electron chi connectivity index (χ1n) is 9.40. The summed E-state index contributed by atoms with van der Waals surface area (Å²) in [6, 6.07) is 22.6. The molecule has 2 amide bonds. The Morgan fingerprint density at radius 3 is 2.43 bits per heavy atom. The van der Waals surface area contributed by atoms with Gasteiger partial charge >= 0.3 is 0 Å². The molecule has 0 saturated heterocycles. The van der Waals surface area contributed by atoms with Gasteiger partial charge in [0.1, 0.15) is 5.01 Å². The van der Waals surface area contributed by atoms with Gasteiger partial charge in [0.2, 0.25) is 5.91 Å². The Kier molecular flexibility index (Phi) is 5.68. The Balaban J connectivity index is 1.51. The SMILES string of the molecule is CNC(=O)c1ccc(/C=C/C(=O)Nc2ccccc2-c2nc3ccccc3s2)cc1. The van der Waals surface area contributed by atoms with E-state index in [1.54, 1.807) is 48.7 Å². The van der Waals surface area contributed by atoms with Crippen molar-refractivity contribution in [2.45, 2.75) is 0 Å². The Labute approximate surface area is 178 Å². The van der Waals surface area contributed by atoms with Crippen molar-refractivity contribution in [1.29, 1.82) is 0 Å². The van der Waals surface area contributed by atoms with E-state index in [-0.39, 0.29) is 11.8 Å². The molecule has 6 heteroatoms. The third-order valence-corrected chi connectivity index (χ3v) is 5.61. The highest BCUT2D eigenvalue weighted by molar-refractivity contribution is 7.21. The molecule has 1 aromatic heterocycles. The van der Waals surface area contributed by atoms with Crippen LogP contribution < -0.4 is 10.6 Å². The molecule has 3 aromatic carbocycles. The summed E-state index contributed by atoms with van der Waals surface area (Å²) in [6.45, 7) is 0. The molecule has 0 spiro atoms. The summed E-state index contributed by atoms with van der Waals surface area (Å²) >= 11 is 1.59. The fraction of sp³-hybridized carbons (Fsp3) is 0.0417. The first-order valence-corrected chi connectivity index (χ1v) is 10.2. The Morgan fingerprint density at radius 2 is 1.67 bits per heavy atom. The maximum Gasteiger partial charge on any atom is 0.251 e. The molecule has 148 valence electrons. The van der Waals surface area contributed by atoms with Gasteiger partial charge in [-0.3, -0.25) is 9.59 Å². The highest BCUT2D eigenvalue weighted by atomic mass is 32.1. The van der Waals surface area contributed by atoms with Crippen LogP contribution in [0.2, 0.25) is 0 Å². The number of benzene rings is 3. The molecule has 0 aliphatic heterocycles. The van der Waals surface area contributed by atoms with Crippen molar-refractivity contribution in [3.63, 3.8) is 0 Å². The van der Waals surface area contributed by atoms with E-state index >= 15 is 0 Å². The average molecular weight is 414 g/mol. The smallest absolute Gasteiger partial charge is 0.251 e. The van der Waals surface area contributed by atoms with Gasteiger partial charge in [0, 0.05) is 24.3 Å². The number of para-hydroxylation sites is 2. The van der Waals surface area contributed by atoms with Crippen molar-refractivity contribution in [2.75, 3.05) is 12.4 Å². The fourth-order valence-corrected chi connectivity index (χ4v) is 4.01. The van der Waals surface area contributed by atoms with Gasteiger partial charge in [-0.25, -0.2) is 4.98 Å². The summed E-state index contributed by atoms with van der Waals surface area (Å²) < 4.78 is 1.11. The Bertz CT molecular complexity index is 1210. The van der Waals surface area contributed by atoms with Crippen LogP contribution in [0.3, 0.4) is 0 Å². The number of hydrogen-bond donors (Lipinski definition) is 2. The van der Waals surface area contributed by atoms with Gasteiger partial charge in [-0.1, -0.05) is 36.4 Å². The molecule has 4 aromatic rings. The topological polar surface area (TPSA) is 71.1 Å². The number of nitrogens with zero attached hydrogens (tertiary/aromatic N) is 1. The molecule has 0 fully saturated rings. The lowest BCUT2D eigenvalue weighted by Gasteiger charge is -2.07. The maximum atomic E-state index is 12.5. The summed E-state index contributed by atoms with van der Waals surface area (Å²) in [6.07, 6.45) is 3.19. The van der Waals surface area contributed by atoms with Crippen LogP contribution in [0.4, 0.5) is 5.69 Å². The number of carbonyl (C=O) groups excluding carboxylic acids is 2. The van der Waals surface area contributed by atoms with Crippen LogP contribution in [0.5, 0.6) is 0 Å². The van der Waals surface area contributed by atoms with Gasteiger partial charge in [0.25, 0.3) is 5.91 Å². The number of nitrogens with one attached hydrogen (secondary N) is 2. The van der Waals surface area contributed by atoms with Gasteiger partial charge in [-0.2, -0.15) is 0 Å². The van der Waals surface area contributed by atoms with Gasteiger partial charge in [-0.05, 0) is 48.0 Å². The number of fused-ring (bicyclic) bond motifs is 1. The molecule has 0 atom stereocenters. The molecule has 0 aliphatic rings. The molecule has 30 heavy (non-hydrogen) atoms. The molecular formula is C24H19N3O2S. The van der Waals surface area contributed by atoms with Gasteiger partial charge < -0.3 is 10.6 Å². The van der Waals surface area contributed by atoms with Gasteiger partial charge in [0.15, 0.2) is 0 Å². The Hall–Kier alpha value is -3.77. The third kappa shape index (κ3) is 4.29. The van der Waals surface area contributed by atoms with E-state index in [0.717, 1.165) is 26.4 Å². The second-order valence-electron chi connectivity index (χ2n) is 6.56. The number of carbonyl (C=O) groups is 2. The molecule has 2 N–H and O–H groups in total. The molecule has 0 unspecified atom stereocenters. The van der Waals surface area contributed by atoms with Crippen molar-refractivity contribution in [3.8, 4) is 10.6 Å². The first kappa shape index (κ1) is 19.5. The van der Waals surface area contributed by atoms with Crippen molar-refractivity contribution in [3.05, 3.63) is 90.0 Å². The van der Waals surface area contributed by atoms with Crippen LogP contribution >= 0.6 is 11.3 Å².